The highest BCUT2D eigenvalue weighted by atomic mass is 79.9. The summed E-state index contributed by atoms with van der Waals surface area (Å²) >= 11 is 5.14. The number of aryl methyl sites for hydroxylation is 2. The molecule has 2 aromatic heterocycles. The molecule has 0 aliphatic rings. The summed E-state index contributed by atoms with van der Waals surface area (Å²) in [6.07, 6.45) is 1.89. The Bertz CT molecular complexity index is 712. The average molecular weight is 336 g/mol. The first-order chi connectivity index (χ1) is 9.22. The van der Waals surface area contributed by atoms with Gasteiger partial charge in [-0.2, -0.15) is 5.10 Å². The number of aromatic nitrogens is 3. The van der Waals surface area contributed by atoms with E-state index in [0.29, 0.717) is 0 Å². The van der Waals surface area contributed by atoms with Crippen LogP contribution >= 0.6 is 27.3 Å². The van der Waals surface area contributed by atoms with E-state index in [0.717, 1.165) is 38.5 Å². The molecule has 0 aliphatic heterocycles. The third-order valence-corrected chi connectivity index (χ3v) is 4.67. The highest BCUT2D eigenvalue weighted by Crippen LogP contribution is 2.28. The maximum Gasteiger partial charge on any atom is 0.212 e. The standard InChI is InChI=1S/C14H14BrN3S/c1-3-11-13(9-5-7-10(15)8-6-9)16-14-18(11)17-12(4-2)19-14/h5-8H,3-4H2,1-2H3. The van der Waals surface area contributed by atoms with Crippen molar-refractivity contribution in [2.75, 3.05) is 0 Å². The van der Waals surface area contributed by atoms with Gasteiger partial charge < -0.3 is 0 Å². The first kappa shape index (κ1) is 12.8. The molecule has 0 spiro atoms. The smallest absolute Gasteiger partial charge is 0.212 e. The minimum atomic E-state index is 0.930. The van der Waals surface area contributed by atoms with E-state index in [-0.39, 0.29) is 0 Å². The molecule has 0 saturated heterocycles. The lowest BCUT2D eigenvalue weighted by atomic mass is 10.1. The minimum Gasteiger partial charge on any atom is -0.217 e. The Morgan fingerprint density at radius 2 is 1.89 bits per heavy atom. The molecular formula is C14H14BrN3S. The average Bonchev–Trinajstić information content (AvgIpc) is 2.96. The molecule has 3 rings (SSSR count). The number of hydrogen-bond donors (Lipinski definition) is 0. The fraction of sp³-hybridized carbons (Fsp3) is 0.286. The monoisotopic (exact) mass is 335 g/mol. The van der Waals surface area contributed by atoms with Crippen molar-refractivity contribution in [1.29, 1.82) is 0 Å². The summed E-state index contributed by atoms with van der Waals surface area (Å²) in [6.45, 7) is 4.27. The predicted molar refractivity (Wildman–Crippen MR) is 82.8 cm³/mol. The van der Waals surface area contributed by atoms with Gasteiger partial charge in [0.05, 0.1) is 11.4 Å². The van der Waals surface area contributed by atoms with Crippen molar-refractivity contribution in [3.63, 3.8) is 0 Å². The van der Waals surface area contributed by atoms with Crippen LogP contribution in [0.1, 0.15) is 24.5 Å². The molecule has 2 heterocycles. The van der Waals surface area contributed by atoms with E-state index >= 15 is 0 Å². The predicted octanol–water partition coefficient (Wildman–Crippen LogP) is 4.35. The molecule has 0 unspecified atom stereocenters. The molecule has 0 N–H and O–H groups in total. The van der Waals surface area contributed by atoms with Gasteiger partial charge in [0.25, 0.3) is 0 Å². The Hall–Kier alpha value is -1.20. The van der Waals surface area contributed by atoms with Crippen LogP contribution in [0.4, 0.5) is 0 Å². The lowest BCUT2D eigenvalue weighted by Crippen LogP contribution is -1.94. The quantitative estimate of drug-likeness (QED) is 0.712. The number of rotatable bonds is 3. The molecule has 3 aromatic rings. The number of fused-ring (bicyclic) bond motifs is 1. The van der Waals surface area contributed by atoms with Crippen molar-refractivity contribution < 1.29 is 0 Å². The van der Waals surface area contributed by atoms with E-state index in [1.807, 2.05) is 16.6 Å². The lowest BCUT2D eigenvalue weighted by Gasteiger charge is -2.01. The van der Waals surface area contributed by atoms with Crippen LogP contribution in [-0.4, -0.2) is 14.6 Å². The normalized spacial score (nSPS) is 11.3. The summed E-state index contributed by atoms with van der Waals surface area (Å²) < 4.78 is 3.09. The third kappa shape index (κ3) is 2.21. The first-order valence-electron chi connectivity index (χ1n) is 6.36. The van der Waals surface area contributed by atoms with Crippen molar-refractivity contribution in [2.24, 2.45) is 0 Å². The van der Waals surface area contributed by atoms with Crippen LogP contribution in [-0.2, 0) is 12.8 Å². The third-order valence-electron chi connectivity index (χ3n) is 3.09. The van der Waals surface area contributed by atoms with Crippen molar-refractivity contribution in [1.82, 2.24) is 14.6 Å². The number of benzene rings is 1. The largest absolute Gasteiger partial charge is 0.217 e. The van der Waals surface area contributed by atoms with Gasteiger partial charge in [-0.05, 0) is 25.0 Å². The molecule has 5 heteroatoms. The summed E-state index contributed by atoms with van der Waals surface area (Å²) in [5.74, 6) is 0. The van der Waals surface area contributed by atoms with E-state index in [4.69, 9.17) is 4.98 Å². The van der Waals surface area contributed by atoms with Gasteiger partial charge in [-0.1, -0.05) is 53.2 Å². The van der Waals surface area contributed by atoms with E-state index in [2.05, 4.69) is 47.0 Å². The van der Waals surface area contributed by atoms with E-state index < -0.39 is 0 Å². The maximum atomic E-state index is 4.76. The van der Waals surface area contributed by atoms with Gasteiger partial charge in [-0.15, -0.1) is 0 Å². The molecule has 98 valence electrons. The second kappa shape index (κ2) is 5.06. The molecule has 0 fully saturated rings. The van der Waals surface area contributed by atoms with Crippen LogP contribution in [0.15, 0.2) is 28.7 Å². The SMILES string of the molecule is CCc1nn2c(CC)c(-c3ccc(Br)cc3)nc2s1. The maximum absolute atomic E-state index is 4.76. The van der Waals surface area contributed by atoms with Crippen LogP contribution in [0.5, 0.6) is 0 Å². The zero-order valence-electron chi connectivity index (χ0n) is 10.9. The molecule has 0 bridgehead atoms. The molecule has 0 radical (unpaired) electrons. The lowest BCUT2D eigenvalue weighted by molar-refractivity contribution is 0.849. The first-order valence-corrected chi connectivity index (χ1v) is 7.97. The zero-order chi connectivity index (χ0) is 13.4. The Balaban J connectivity index is 2.18. The molecular weight excluding hydrogens is 322 g/mol. The molecule has 1 aromatic carbocycles. The van der Waals surface area contributed by atoms with Crippen LogP contribution in [0, 0.1) is 0 Å². The van der Waals surface area contributed by atoms with E-state index in [1.54, 1.807) is 11.3 Å². The van der Waals surface area contributed by atoms with Crippen LogP contribution in [0.25, 0.3) is 16.2 Å². The Labute approximate surface area is 124 Å². The van der Waals surface area contributed by atoms with Gasteiger partial charge in [0.15, 0.2) is 0 Å². The number of hydrogen-bond acceptors (Lipinski definition) is 3. The second-order valence-corrected chi connectivity index (χ2v) is 6.27. The zero-order valence-corrected chi connectivity index (χ0v) is 13.3. The van der Waals surface area contributed by atoms with E-state index in [9.17, 15) is 0 Å². The Kier molecular flexibility index (Phi) is 3.41. The number of nitrogens with zero attached hydrogens (tertiary/aromatic N) is 3. The van der Waals surface area contributed by atoms with Crippen molar-refractivity contribution in [3.8, 4) is 11.3 Å². The van der Waals surface area contributed by atoms with Gasteiger partial charge in [0.2, 0.25) is 4.96 Å². The molecule has 0 saturated carbocycles. The van der Waals surface area contributed by atoms with Gasteiger partial charge in [-0.3, -0.25) is 0 Å². The number of imidazole rings is 1. The molecule has 0 aliphatic carbocycles. The Morgan fingerprint density at radius 3 is 2.53 bits per heavy atom. The number of halogens is 1. The topological polar surface area (TPSA) is 30.2 Å². The summed E-state index contributed by atoms with van der Waals surface area (Å²) in [6, 6.07) is 8.28. The van der Waals surface area contributed by atoms with Gasteiger partial charge in [0.1, 0.15) is 5.01 Å². The molecule has 0 amide bonds. The summed E-state index contributed by atoms with van der Waals surface area (Å²) in [7, 11) is 0. The van der Waals surface area contributed by atoms with Gasteiger partial charge in [-0.25, -0.2) is 9.50 Å². The molecule has 3 nitrogen and oxygen atoms in total. The summed E-state index contributed by atoms with van der Waals surface area (Å²) in [5.41, 5.74) is 3.39. The second-order valence-electron chi connectivity index (χ2n) is 4.31. The van der Waals surface area contributed by atoms with E-state index in [1.165, 1.54) is 5.69 Å². The van der Waals surface area contributed by atoms with Crippen molar-refractivity contribution >= 4 is 32.2 Å². The summed E-state index contributed by atoms with van der Waals surface area (Å²) in [5, 5.41) is 5.77. The van der Waals surface area contributed by atoms with Gasteiger partial charge >= 0.3 is 0 Å². The summed E-state index contributed by atoms with van der Waals surface area (Å²) in [4.78, 5) is 5.75. The van der Waals surface area contributed by atoms with Crippen LogP contribution < -0.4 is 0 Å². The minimum absolute atomic E-state index is 0.930. The van der Waals surface area contributed by atoms with Crippen LogP contribution in [0.2, 0.25) is 0 Å². The fourth-order valence-electron chi connectivity index (χ4n) is 2.13. The molecule has 0 atom stereocenters. The van der Waals surface area contributed by atoms with Crippen LogP contribution in [0.3, 0.4) is 0 Å². The molecule has 19 heavy (non-hydrogen) atoms. The van der Waals surface area contributed by atoms with Gasteiger partial charge in [0, 0.05) is 10.0 Å². The highest BCUT2D eigenvalue weighted by molar-refractivity contribution is 9.10. The Morgan fingerprint density at radius 1 is 1.16 bits per heavy atom. The fourth-order valence-corrected chi connectivity index (χ4v) is 3.25. The van der Waals surface area contributed by atoms with Crippen molar-refractivity contribution in [2.45, 2.75) is 26.7 Å². The highest BCUT2D eigenvalue weighted by Gasteiger charge is 2.15. The van der Waals surface area contributed by atoms with Crippen molar-refractivity contribution in [3.05, 3.63) is 39.4 Å².